The molecule has 1 amide bonds. The molecule has 1 aromatic carbocycles. The number of likely N-dealkylation sites (tertiary alicyclic amines) is 1. The van der Waals surface area contributed by atoms with Crippen molar-refractivity contribution in [1.82, 2.24) is 9.88 Å². The fraction of sp³-hybridized carbons (Fsp3) is 0.312. The minimum Gasteiger partial charge on any atom is -0.309 e. The highest BCUT2D eigenvalue weighted by Gasteiger charge is 2.47. The zero-order valence-electron chi connectivity index (χ0n) is 11.8. The fourth-order valence-electron chi connectivity index (χ4n) is 3.24. The van der Waals surface area contributed by atoms with Gasteiger partial charge in [0.25, 0.3) is 0 Å². The average Bonchev–Trinajstić information content (AvgIpc) is 3.24. The third kappa shape index (κ3) is 2.06. The molecule has 1 aromatic heterocycles. The van der Waals surface area contributed by atoms with Gasteiger partial charge in [0.2, 0.25) is 5.91 Å². The van der Waals surface area contributed by atoms with Gasteiger partial charge in [-0.3, -0.25) is 9.69 Å². The second kappa shape index (κ2) is 5.11. The molecule has 2 unspecified atom stereocenters. The summed E-state index contributed by atoms with van der Waals surface area (Å²) in [7, 11) is 0. The summed E-state index contributed by atoms with van der Waals surface area (Å²) in [4.78, 5) is 21.5. The van der Waals surface area contributed by atoms with Gasteiger partial charge in [0.15, 0.2) is 11.3 Å². The van der Waals surface area contributed by atoms with Crippen molar-refractivity contribution in [3.63, 3.8) is 0 Å². The molecule has 5 nitrogen and oxygen atoms in total. The van der Waals surface area contributed by atoms with E-state index >= 15 is 0 Å². The molecule has 2 atom stereocenters. The van der Waals surface area contributed by atoms with Crippen LogP contribution in [0.25, 0.3) is 10.4 Å². The Labute approximate surface area is 132 Å². The number of nitrogens with zero attached hydrogens (tertiary/aromatic N) is 4. The molecule has 2 aliphatic heterocycles. The molecule has 4 rings (SSSR count). The van der Waals surface area contributed by atoms with Crippen molar-refractivity contribution < 1.29 is 4.79 Å². The highest BCUT2D eigenvalue weighted by atomic mass is 32.1. The van der Waals surface area contributed by atoms with Gasteiger partial charge in [0, 0.05) is 31.7 Å². The molecular weight excluding hydrogens is 296 g/mol. The average molecular weight is 310 g/mol. The quantitative estimate of drug-likeness (QED) is 0.798. The lowest BCUT2D eigenvalue weighted by Gasteiger charge is -2.16. The van der Waals surface area contributed by atoms with Crippen LogP contribution >= 0.6 is 11.3 Å². The van der Waals surface area contributed by atoms with Crippen LogP contribution in [-0.2, 0) is 4.79 Å². The van der Waals surface area contributed by atoms with Crippen molar-refractivity contribution in [2.45, 2.75) is 0 Å². The topological polar surface area (TPSA) is 60.2 Å². The summed E-state index contributed by atoms with van der Waals surface area (Å²) in [6, 6.07) is 10.1. The fourth-order valence-corrected chi connectivity index (χ4v) is 4.18. The normalized spacial score (nSPS) is 23.7. The standard InChI is InChI=1S/C16H14N4OS/c17-10-19-7-12-8-20(15(21)13(12)9-19)16-18-6-14(22-16)11-4-2-1-3-5-11/h1-6,12-13H,7-9H2. The van der Waals surface area contributed by atoms with Gasteiger partial charge in [-0.2, -0.15) is 5.26 Å². The Kier molecular flexibility index (Phi) is 3.09. The molecule has 3 heterocycles. The summed E-state index contributed by atoms with van der Waals surface area (Å²) < 4.78 is 0. The lowest BCUT2D eigenvalue weighted by Crippen LogP contribution is -2.31. The van der Waals surface area contributed by atoms with E-state index in [2.05, 4.69) is 11.2 Å². The van der Waals surface area contributed by atoms with Crippen LogP contribution in [0.5, 0.6) is 0 Å². The minimum absolute atomic E-state index is 0.0521. The van der Waals surface area contributed by atoms with E-state index in [0.29, 0.717) is 19.6 Å². The lowest BCUT2D eigenvalue weighted by atomic mass is 10.0. The maximum Gasteiger partial charge on any atom is 0.234 e. The summed E-state index contributed by atoms with van der Waals surface area (Å²) >= 11 is 1.55. The predicted molar refractivity (Wildman–Crippen MR) is 84.1 cm³/mol. The highest BCUT2D eigenvalue weighted by Crippen LogP contribution is 2.38. The summed E-state index contributed by atoms with van der Waals surface area (Å²) in [6.45, 7) is 1.90. The van der Waals surface area contributed by atoms with Gasteiger partial charge in [-0.1, -0.05) is 41.7 Å². The van der Waals surface area contributed by atoms with E-state index in [9.17, 15) is 4.79 Å². The highest BCUT2D eigenvalue weighted by molar-refractivity contribution is 7.19. The number of amides is 1. The summed E-state index contributed by atoms with van der Waals surface area (Å²) in [5.41, 5.74) is 1.12. The van der Waals surface area contributed by atoms with E-state index in [4.69, 9.17) is 5.26 Å². The Hall–Kier alpha value is -2.39. The molecule has 2 saturated heterocycles. The van der Waals surface area contributed by atoms with Crippen LogP contribution < -0.4 is 4.90 Å². The van der Waals surface area contributed by atoms with Crippen molar-refractivity contribution >= 4 is 22.4 Å². The van der Waals surface area contributed by atoms with Crippen LogP contribution in [0.15, 0.2) is 36.5 Å². The number of carbonyl (C=O) groups excluding carboxylic acids is 1. The maximum atomic E-state index is 12.6. The maximum absolute atomic E-state index is 12.6. The van der Waals surface area contributed by atoms with E-state index < -0.39 is 0 Å². The number of hydrogen-bond acceptors (Lipinski definition) is 5. The second-order valence-corrected chi connectivity index (χ2v) is 6.70. The van der Waals surface area contributed by atoms with Crippen LogP contribution in [-0.4, -0.2) is 35.4 Å². The number of fused-ring (bicyclic) bond motifs is 1. The number of anilines is 1. The molecule has 22 heavy (non-hydrogen) atoms. The largest absolute Gasteiger partial charge is 0.309 e. The third-order valence-electron chi connectivity index (χ3n) is 4.37. The van der Waals surface area contributed by atoms with Gasteiger partial charge in [-0.05, 0) is 5.56 Å². The van der Waals surface area contributed by atoms with Gasteiger partial charge >= 0.3 is 0 Å². The van der Waals surface area contributed by atoms with E-state index in [1.165, 1.54) is 0 Å². The number of carbonyl (C=O) groups is 1. The molecule has 2 aromatic rings. The van der Waals surface area contributed by atoms with Gasteiger partial charge in [0.05, 0.1) is 10.8 Å². The van der Waals surface area contributed by atoms with Gasteiger partial charge in [0.1, 0.15) is 0 Å². The molecule has 0 spiro atoms. The number of nitriles is 1. The van der Waals surface area contributed by atoms with E-state index in [0.717, 1.165) is 15.6 Å². The van der Waals surface area contributed by atoms with Crippen LogP contribution in [0.1, 0.15) is 0 Å². The van der Waals surface area contributed by atoms with Crippen LogP contribution in [0.4, 0.5) is 5.13 Å². The number of hydrogen-bond donors (Lipinski definition) is 0. The van der Waals surface area contributed by atoms with E-state index in [1.807, 2.05) is 36.5 Å². The molecule has 110 valence electrons. The zero-order valence-corrected chi connectivity index (χ0v) is 12.7. The Bertz CT molecular complexity index is 751. The third-order valence-corrected chi connectivity index (χ3v) is 5.43. The summed E-state index contributed by atoms with van der Waals surface area (Å²) in [5.74, 6) is 0.302. The van der Waals surface area contributed by atoms with Gasteiger partial charge < -0.3 is 4.90 Å². The smallest absolute Gasteiger partial charge is 0.234 e. The second-order valence-electron chi connectivity index (χ2n) is 5.69. The molecular formula is C16H14N4OS. The van der Waals surface area contributed by atoms with Crippen molar-refractivity contribution in [3.05, 3.63) is 36.5 Å². The molecule has 2 aliphatic rings. The molecule has 6 heteroatoms. The summed E-state index contributed by atoms with van der Waals surface area (Å²) in [5, 5.41) is 9.73. The van der Waals surface area contributed by atoms with E-state index in [1.54, 1.807) is 21.1 Å². The predicted octanol–water partition coefficient (Wildman–Crippen LogP) is 2.19. The first-order chi connectivity index (χ1) is 10.8. The van der Waals surface area contributed by atoms with Crippen molar-refractivity contribution in [1.29, 1.82) is 5.26 Å². The number of aromatic nitrogens is 1. The van der Waals surface area contributed by atoms with Crippen LogP contribution in [0.2, 0.25) is 0 Å². The van der Waals surface area contributed by atoms with Gasteiger partial charge in [-0.25, -0.2) is 4.98 Å². The SMILES string of the molecule is N#CN1CC2CN(c3ncc(-c4ccccc4)s3)C(=O)C2C1. The Morgan fingerprint density at radius 2 is 2.05 bits per heavy atom. The number of rotatable bonds is 2. The first-order valence-electron chi connectivity index (χ1n) is 7.23. The lowest BCUT2D eigenvalue weighted by molar-refractivity contribution is -0.120. The first-order valence-corrected chi connectivity index (χ1v) is 8.05. The first kappa shape index (κ1) is 13.3. The number of thiazole rings is 1. The molecule has 0 radical (unpaired) electrons. The van der Waals surface area contributed by atoms with Crippen LogP contribution in [0.3, 0.4) is 0 Å². The van der Waals surface area contributed by atoms with E-state index in [-0.39, 0.29) is 17.7 Å². The monoisotopic (exact) mass is 310 g/mol. The molecule has 0 N–H and O–H groups in total. The molecule has 0 bridgehead atoms. The van der Waals surface area contributed by atoms with Crippen molar-refractivity contribution in [2.75, 3.05) is 24.5 Å². The number of benzene rings is 1. The minimum atomic E-state index is -0.0521. The Balaban J connectivity index is 1.56. The molecule has 0 saturated carbocycles. The zero-order chi connectivity index (χ0) is 15.1. The molecule has 0 aliphatic carbocycles. The van der Waals surface area contributed by atoms with Gasteiger partial charge in [-0.15, -0.1) is 0 Å². The van der Waals surface area contributed by atoms with Crippen molar-refractivity contribution in [2.24, 2.45) is 11.8 Å². The Morgan fingerprint density at radius 1 is 1.23 bits per heavy atom. The van der Waals surface area contributed by atoms with Crippen LogP contribution in [0, 0.1) is 23.3 Å². The molecule has 2 fully saturated rings. The van der Waals surface area contributed by atoms with Crippen molar-refractivity contribution in [3.8, 4) is 16.6 Å². The summed E-state index contributed by atoms with van der Waals surface area (Å²) in [6.07, 6.45) is 3.97. The Morgan fingerprint density at radius 3 is 2.77 bits per heavy atom.